The number of carbonyl (C=O) groups is 1. The molecule has 3 rings (SSSR count). The number of hydrogen-bond donors (Lipinski definition) is 2. The van der Waals surface area contributed by atoms with E-state index < -0.39 is 0 Å². The molecule has 0 spiro atoms. The number of nitrogens with one attached hydrogen (secondary N) is 2. The fourth-order valence-corrected chi connectivity index (χ4v) is 2.67. The molecule has 1 fully saturated rings. The maximum Gasteiger partial charge on any atom is 0.319 e. The summed E-state index contributed by atoms with van der Waals surface area (Å²) in [7, 11) is 0. The van der Waals surface area contributed by atoms with Crippen LogP contribution in [0, 0.1) is 11.6 Å². The first-order valence-electron chi connectivity index (χ1n) is 7.44. The molecule has 0 aliphatic carbocycles. The number of rotatable bonds is 3. The van der Waals surface area contributed by atoms with Crippen LogP contribution in [0.15, 0.2) is 48.5 Å². The highest BCUT2D eigenvalue weighted by atomic mass is 19.1. The van der Waals surface area contributed by atoms with Gasteiger partial charge in [-0.05, 0) is 48.9 Å². The Balaban J connectivity index is 1.53. The van der Waals surface area contributed by atoms with Crippen LogP contribution in [0.1, 0.15) is 6.42 Å². The summed E-state index contributed by atoms with van der Waals surface area (Å²) in [5, 5.41) is 5.54. The summed E-state index contributed by atoms with van der Waals surface area (Å²) in [5.74, 6) is -0.620. The molecule has 1 atom stereocenters. The van der Waals surface area contributed by atoms with Gasteiger partial charge in [0.05, 0.1) is 0 Å². The Labute approximate surface area is 133 Å². The quantitative estimate of drug-likeness (QED) is 0.911. The maximum absolute atomic E-state index is 13.3. The van der Waals surface area contributed by atoms with Gasteiger partial charge in [-0.2, -0.15) is 0 Å². The minimum absolute atomic E-state index is 0.0151. The predicted octanol–water partition coefficient (Wildman–Crippen LogP) is 3.37. The van der Waals surface area contributed by atoms with Gasteiger partial charge in [0.25, 0.3) is 0 Å². The fourth-order valence-electron chi connectivity index (χ4n) is 2.67. The standard InChI is InChI=1S/C17H17F2N3O/c18-12-4-6-14(7-5-12)20-17(23)21-15-8-9-22(11-15)16-3-1-2-13(19)10-16/h1-7,10,15H,8-9,11H2,(H2,20,21,23). The van der Waals surface area contributed by atoms with E-state index in [2.05, 4.69) is 10.6 Å². The number of urea groups is 1. The third-order valence-electron chi connectivity index (χ3n) is 3.80. The van der Waals surface area contributed by atoms with Crippen molar-refractivity contribution < 1.29 is 13.6 Å². The van der Waals surface area contributed by atoms with Crippen LogP contribution in [-0.2, 0) is 0 Å². The molecule has 1 unspecified atom stereocenters. The van der Waals surface area contributed by atoms with Crippen LogP contribution >= 0.6 is 0 Å². The molecule has 0 radical (unpaired) electrons. The van der Waals surface area contributed by atoms with E-state index >= 15 is 0 Å². The van der Waals surface area contributed by atoms with Gasteiger partial charge in [0.2, 0.25) is 0 Å². The first-order valence-corrected chi connectivity index (χ1v) is 7.44. The summed E-state index contributed by atoms with van der Waals surface area (Å²) in [6.07, 6.45) is 0.785. The molecule has 2 N–H and O–H groups in total. The summed E-state index contributed by atoms with van der Waals surface area (Å²) >= 11 is 0. The summed E-state index contributed by atoms with van der Waals surface area (Å²) in [6, 6.07) is 11.7. The third kappa shape index (κ3) is 3.97. The van der Waals surface area contributed by atoms with Gasteiger partial charge >= 0.3 is 6.03 Å². The lowest BCUT2D eigenvalue weighted by Gasteiger charge is -2.19. The second kappa shape index (κ2) is 6.64. The van der Waals surface area contributed by atoms with Crippen LogP contribution in [0.2, 0.25) is 0 Å². The second-order valence-electron chi connectivity index (χ2n) is 5.52. The topological polar surface area (TPSA) is 44.4 Å². The number of amides is 2. The lowest BCUT2D eigenvalue weighted by atomic mass is 10.2. The van der Waals surface area contributed by atoms with E-state index in [4.69, 9.17) is 0 Å². The van der Waals surface area contributed by atoms with Crippen LogP contribution < -0.4 is 15.5 Å². The number of anilines is 2. The molecule has 1 saturated heterocycles. The van der Waals surface area contributed by atoms with Crippen LogP contribution in [0.3, 0.4) is 0 Å². The number of carbonyl (C=O) groups excluding carboxylic acids is 1. The van der Waals surface area contributed by atoms with Crippen LogP contribution in [-0.4, -0.2) is 25.2 Å². The summed E-state index contributed by atoms with van der Waals surface area (Å²) in [4.78, 5) is 14.0. The van der Waals surface area contributed by atoms with Gasteiger partial charge in [0.1, 0.15) is 11.6 Å². The van der Waals surface area contributed by atoms with Gasteiger partial charge in [-0.3, -0.25) is 0 Å². The number of halogens is 2. The number of nitrogens with zero attached hydrogens (tertiary/aromatic N) is 1. The smallest absolute Gasteiger partial charge is 0.319 e. The first-order chi connectivity index (χ1) is 11.1. The Bertz CT molecular complexity index is 690. The van der Waals surface area contributed by atoms with Crippen molar-refractivity contribution in [2.24, 2.45) is 0 Å². The molecule has 1 heterocycles. The molecule has 2 aromatic rings. The summed E-state index contributed by atoms with van der Waals surface area (Å²) in [5.41, 5.74) is 1.34. The van der Waals surface area contributed by atoms with Crippen molar-refractivity contribution in [1.82, 2.24) is 5.32 Å². The van der Waals surface area contributed by atoms with Crippen molar-refractivity contribution in [2.45, 2.75) is 12.5 Å². The molecule has 1 aliphatic rings. The normalized spacial score (nSPS) is 17.1. The Morgan fingerprint density at radius 2 is 1.87 bits per heavy atom. The lowest BCUT2D eigenvalue weighted by Crippen LogP contribution is -2.39. The Morgan fingerprint density at radius 3 is 2.61 bits per heavy atom. The second-order valence-corrected chi connectivity index (χ2v) is 5.52. The largest absolute Gasteiger partial charge is 0.369 e. The van der Waals surface area contributed by atoms with Crippen molar-refractivity contribution in [1.29, 1.82) is 0 Å². The molecule has 0 bridgehead atoms. The van der Waals surface area contributed by atoms with E-state index in [1.54, 1.807) is 6.07 Å². The average Bonchev–Trinajstić information content (AvgIpc) is 2.98. The van der Waals surface area contributed by atoms with Crippen molar-refractivity contribution >= 4 is 17.4 Å². The fraction of sp³-hybridized carbons (Fsp3) is 0.235. The van der Waals surface area contributed by atoms with E-state index in [0.717, 1.165) is 18.7 Å². The monoisotopic (exact) mass is 317 g/mol. The SMILES string of the molecule is O=C(Nc1ccc(F)cc1)NC1CCN(c2cccc(F)c2)C1. The number of benzene rings is 2. The zero-order valence-electron chi connectivity index (χ0n) is 12.4. The van der Waals surface area contributed by atoms with Crippen molar-refractivity contribution in [2.75, 3.05) is 23.3 Å². The lowest BCUT2D eigenvalue weighted by molar-refractivity contribution is 0.249. The van der Waals surface area contributed by atoms with E-state index in [-0.39, 0.29) is 23.7 Å². The Morgan fingerprint density at radius 1 is 1.09 bits per heavy atom. The van der Waals surface area contributed by atoms with Crippen molar-refractivity contribution in [3.63, 3.8) is 0 Å². The molecule has 1 aliphatic heterocycles. The summed E-state index contributed by atoms with van der Waals surface area (Å²) < 4.78 is 26.1. The molecule has 4 nitrogen and oxygen atoms in total. The Hall–Kier alpha value is -2.63. The highest BCUT2D eigenvalue weighted by molar-refractivity contribution is 5.89. The van der Waals surface area contributed by atoms with Crippen molar-refractivity contribution in [3.8, 4) is 0 Å². The molecule has 2 amide bonds. The van der Waals surface area contributed by atoms with Gasteiger partial charge in [0, 0.05) is 30.5 Å². The molecule has 6 heteroatoms. The molecule has 23 heavy (non-hydrogen) atoms. The van der Waals surface area contributed by atoms with Gasteiger partial charge in [-0.1, -0.05) is 6.07 Å². The molecular formula is C17H17F2N3O. The molecular weight excluding hydrogens is 300 g/mol. The van der Waals surface area contributed by atoms with E-state index in [0.29, 0.717) is 12.2 Å². The predicted molar refractivity (Wildman–Crippen MR) is 85.6 cm³/mol. The van der Waals surface area contributed by atoms with Gasteiger partial charge in [-0.25, -0.2) is 13.6 Å². The van der Waals surface area contributed by atoms with Gasteiger partial charge in [0.15, 0.2) is 0 Å². The van der Waals surface area contributed by atoms with Gasteiger partial charge in [-0.15, -0.1) is 0 Å². The van der Waals surface area contributed by atoms with Crippen LogP contribution in [0.25, 0.3) is 0 Å². The average molecular weight is 317 g/mol. The highest BCUT2D eigenvalue weighted by Gasteiger charge is 2.24. The number of hydrogen-bond acceptors (Lipinski definition) is 2. The maximum atomic E-state index is 13.3. The molecule has 0 saturated carbocycles. The van der Waals surface area contributed by atoms with Crippen LogP contribution in [0.5, 0.6) is 0 Å². The first kappa shape index (κ1) is 15.3. The van der Waals surface area contributed by atoms with Gasteiger partial charge < -0.3 is 15.5 Å². The van der Waals surface area contributed by atoms with Crippen molar-refractivity contribution in [3.05, 3.63) is 60.2 Å². The molecule has 2 aromatic carbocycles. The third-order valence-corrected chi connectivity index (χ3v) is 3.80. The molecule has 0 aromatic heterocycles. The Kier molecular flexibility index (Phi) is 4.41. The zero-order valence-corrected chi connectivity index (χ0v) is 12.4. The zero-order chi connectivity index (χ0) is 16.2. The summed E-state index contributed by atoms with van der Waals surface area (Å²) in [6.45, 7) is 1.38. The van der Waals surface area contributed by atoms with E-state index in [9.17, 15) is 13.6 Å². The van der Waals surface area contributed by atoms with E-state index in [1.807, 2.05) is 11.0 Å². The minimum Gasteiger partial charge on any atom is -0.369 e. The van der Waals surface area contributed by atoms with E-state index in [1.165, 1.54) is 36.4 Å². The molecule has 120 valence electrons. The highest BCUT2D eigenvalue weighted by Crippen LogP contribution is 2.21. The minimum atomic E-state index is -0.350. The van der Waals surface area contributed by atoms with Crippen LogP contribution in [0.4, 0.5) is 25.0 Å².